The highest BCUT2D eigenvalue weighted by molar-refractivity contribution is 5.83. The van der Waals surface area contributed by atoms with E-state index < -0.39 is 5.60 Å². The van der Waals surface area contributed by atoms with Gasteiger partial charge in [-0.15, -0.1) is 0 Å². The van der Waals surface area contributed by atoms with Crippen LogP contribution in [0.5, 0.6) is 0 Å². The molecule has 1 N–H and O–H groups in total. The number of aliphatic hydroxyl groups is 1. The Kier molecular flexibility index (Phi) is 4.36. The molecule has 3 heteroatoms. The van der Waals surface area contributed by atoms with E-state index in [0.717, 1.165) is 44.6 Å². The van der Waals surface area contributed by atoms with E-state index in [4.69, 9.17) is 0 Å². The van der Waals surface area contributed by atoms with Crippen LogP contribution in [0, 0.1) is 0 Å². The summed E-state index contributed by atoms with van der Waals surface area (Å²) in [5.74, 6) is 0. The van der Waals surface area contributed by atoms with Crippen molar-refractivity contribution >= 4 is 10.9 Å². The minimum Gasteiger partial charge on any atom is -0.385 e. The van der Waals surface area contributed by atoms with Gasteiger partial charge in [0.15, 0.2) is 0 Å². The number of piperidine rings is 1. The molecule has 1 aliphatic heterocycles. The van der Waals surface area contributed by atoms with Crippen molar-refractivity contribution in [3.63, 3.8) is 0 Å². The highest BCUT2D eigenvalue weighted by Gasteiger charge is 2.33. The smallest absolute Gasteiger partial charge is 0.0920 e. The molecule has 1 aromatic heterocycles. The van der Waals surface area contributed by atoms with Crippen molar-refractivity contribution < 1.29 is 5.11 Å². The largest absolute Gasteiger partial charge is 0.385 e. The molecule has 2 aromatic carbocycles. The number of benzene rings is 2. The molecule has 0 spiro atoms. The van der Waals surface area contributed by atoms with Gasteiger partial charge in [-0.1, -0.05) is 42.5 Å². The molecule has 1 aliphatic rings. The zero-order chi connectivity index (χ0) is 17.3. The lowest BCUT2D eigenvalue weighted by atomic mass is 9.84. The van der Waals surface area contributed by atoms with Gasteiger partial charge < -0.3 is 9.67 Å². The molecule has 0 unspecified atom stereocenters. The van der Waals surface area contributed by atoms with Gasteiger partial charge >= 0.3 is 0 Å². The van der Waals surface area contributed by atoms with Crippen LogP contribution in [0.15, 0.2) is 60.8 Å². The summed E-state index contributed by atoms with van der Waals surface area (Å²) >= 11 is 0. The first kappa shape index (κ1) is 16.4. The number of rotatable bonds is 4. The number of aryl methyl sites for hydroxylation is 1. The standard InChI is InChI=1S/C22H26N2O/c1-2-24-14-11-20-18(7-6-10-21(20)24)17-23-15-12-22(25,13-16-23)19-8-4-3-5-9-19/h3-11,14,25H,2,12-13,15-17H2,1H3. The monoisotopic (exact) mass is 334 g/mol. The van der Waals surface area contributed by atoms with Gasteiger partial charge in [0.1, 0.15) is 0 Å². The molecule has 0 bridgehead atoms. The number of likely N-dealkylation sites (tertiary alicyclic amines) is 1. The molecule has 3 aromatic rings. The normalized spacial score (nSPS) is 17.8. The molecular formula is C22H26N2O. The summed E-state index contributed by atoms with van der Waals surface area (Å²) in [4.78, 5) is 2.47. The maximum Gasteiger partial charge on any atom is 0.0920 e. The molecular weight excluding hydrogens is 308 g/mol. The van der Waals surface area contributed by atoms with Gasteiger partial charge in [0.2, 0.25) is 0 Å². The first-order valence-electron chi connectivity index (χ1n) is 9.26. The number of fused-ring (bicyclic) bond motifs is 1. The Bertz CT molecular complexity index is 845. The van der Waals surface area contributed by atoms with Crippen molar-refractivity contribution in [2.45, 2.75) is 38.5 Å². The third-order valence-electron chi connectivity index (χ3n) is 5.63. The van der Waals surface area contributed by atoms with Gasteiger partial charge in [0.05, 0.1) is 5.60 Å². The average molecular weight is 334 g/mol. The van der Waals surface area contributed by atoms with E-state index in [9.17, 15) is 5.11 Å². The van der Waals surface area contributed by atoms with E-state index in [1.165, 1.54) is 16.5 Å². The molecule has 0 radical (unpaired) electrons. The highest BCUT2D eigenvalue weighted by atomic mass is 16.3. The quantitative estimate of drug-likeness (QED) is 0.776. The third-order valence-corrected chi connectivity index (χ3v) is 5.63. The van der Waals surface area contributed by atoms with Gasteiger partial charge in [-0.05, 0) is 43.0 Å². The predicted molar refractivity (Wildman–Crippen MR) is 102 cm³/mol. The summed E-state index contributed by atoms with van der Waals surface area (Å²) in [6.45, 7) is 5.99. The van der Waals surface area contributed by atoms with Gasteiger partial charge in [-0.3, -0.25) is 4.90 Å². The zero-order valence-corrected chi connectivity index (χ0v) is 14.9. The van der Waals surface area contributed by atoms with E-state index in [1.54, 1.807) is 0 Å². The Morgan fingerprint density at radius 2 is 1.72 bits per heavy atom. The Morgan fingerprint density at radius 3 is 2.44 bits per heavy atom. The van der Waals surface area contributed by atoms with Gasteiger partial charge in [-0.2, -0.15) is 0 Å². The topological polar surface area (TPSA) is 28.4 Å². The minimum absolute atomic E-state index is 0.671. The van der Waals surface area contributed by atoms with Gasteiger partial charge in [-0.25, -0.2) is 0 Å². The summed E-state index contributed by atoms with van der Waals surface area (Å²) in [5.41, 5.74) is 3.08. The van der Waals surface area contributed by atoms with Crippen LogP contribution in [-0.2, 0) is 18.7 Å². The third kappa shape index (κ3) is 3.10. The Morgan fingerprint density at radius 1 is 0.960 bits per heavy atom. The van der Waals surface area contributed by atoms with Crippen molar-refractivity contribution in [1.29, 1.82) is 0 Å². The fourth-order valence-electron chi connectivity index (χ4n) is 4.06. The Labute approximate surface area is 149 Å². The van der Waals surface area contributed by atoms with Crippen LogP contribution in [0.25, 0.3) is 10.9 Å². The maximum atomic E-state index is 11.0. The van der Waals surface area contributed by atoms with E-state index in [2.05, 4.69) is 46.9 Å². The lowest BCUT2D eigenvalue weighted by molar-refractivity contribution is -0.0276. The maximum absolute atomic E-state index is 11.0. The number of aromatic nitrogens is 1. The summed E-state index contributed by atoms with van der Waals surface area (Å²) in [7, 11) is 0. The highest BCUT2D eigenvalue weighted by Crippen LogP contribution is 2.33. The molecule has 130 valence electrons. The Hall–Kier alpha value is -2.10. The lowest BCUT2D eigenvalue weighted by Crippen LogP contribution is -2.42. The first-order valence-corrected chi connectivity index (χ1v) is 9.26. The van der Waals surface area contributed by atoms with Crippen molar-refractivity contribution in [1.82, 2.24) is 9.47 Å². The second-order valence-electron chi connectivity index (χ2n) is 7.13. The molecule has 0 saturated carbocycles. The summed E-state index contributed by atoms with van der Waals surface area (Å²) in [6.07, 6.45) is 3.77. The minimum atomic E-state index is -0.671. The molecule has 3 nitrogen and oxygen atoms in total. The van der Waals surface area contributed by atoms with Crippen LogP contribution in [0.4, 0.5) is 0 Å². The van der Waals surface area contributed by atoms with E-state index in [0.29, 0.717) is 0 Å². The fraction of sp³-hybridized carbons (Fsp3) is 0.364. The predicted octanol–water partition coefficient (Wildman–Crippen LogP) is 4.14. The van der Waals surface area contributed by atoms with Gasteiger partial charge in [0.25, 0.3) is 0 Å². The van der Waals surface area contributed by atoms with Gasteiger partial charge in [0, 0.05) is 43.3 Å². The van der Waals surface area contributed by atoms with Crippen LogP contribution in [-0.4, -0.2) is 27.7 Å². The summed E-state index contributed by atoms with van der Waals surface area (Å²) < 4.78 is 2.29. The Balaban J connectivity index is 1.48. The van der Waals surface area contributed by atoms with Crippen LogP contribution in [0.2, 0.25) is 0 Å². The molecule has 0 aliphatic carbocycles. The van der Waals surface area contributed by atoms with Crippen molar-refractivity contribution in [3.8, 4) is 0 Å². The average Bonchev–Trinajstić information content (AvgIpc) is 3.09. The zero-order valence-electron chi connectivity index (χ0n) is 14.9. The molecule has 25 heavy (non-hydrogen) atoms. The number of hydrogen-bond donors (Lipinski definition) is 1. The molecule has 4 rings (SSSR count). The van der Waals surface area contributed by atoms with Crippen LogP contribution >= 0.6 is 0 Å². The SMILES string of the molecule is CCn1ccc2c(CN3CCC(O)(c4ccccc4)CC3)cccc21. The van der Waals surface area contributed by atoms with Crippen molar-refractivity contribution in [3.05, 3.63) is 71.9 Å². The van der Waals surface area contributed by atoms with E-state index in [1.807, 2.05) is 30.3 Å². The molecule has 0 atom stereocenters. The van der Waals surface area contributed by atoms with Crippen LogP contribution < -0.4 is 0 Å². The van der Waals surface area contributed by atoms with Crippen molar-refractivity contribution in [2.24, 2.45) is 0 Å². The summed E-state index contributed by atoms with van der Waals surface area (Å²) in [6, 6.07) is 19.0. The van der Waals surface area contributed by atoms with Crippen LogP contribution in [0.1, 0.15) is 30.9 Å². The molecule has 2 heterocycles. The summed E-state index contributed by atoms with van der Waals surface area (Å²) in [5, 5.41) is 12.4. The van der Waals surface area contributed by atoms with Crippen LogP contribution in [0.3, 0.4) is 0 Å². The molecule has 0 amide bonds. The first-order chi connectivity index (χ1) is 12.2. The van der Waals surface area contributed by atoms with Crippen molar-refractivity contribution in [2.75, 3.05) is 13.1 Å². The second-order valence-corrected chi connectivity index (χ2v) is 7.13. The van der Waals surface area contributed by atoms with E-state index >= 15 is 0 Å². The lowest BCUT2D eigenvalue weighted by Gasteiger charge is -2.38. The second kappa shape index (κ2) is 6.66. The fourth-order valence-corrected chi connectivity index (χ4v) is 4.06. The van der Waals surface area contributed by atoms with E-state index in [-0.39, 0.29) is 0 Å². The molecule has 1 saturated heterocycles. The number of nitrogens with zero attached hydrogens (tertiary/aromatic N) is 2. The molecule has 1 fully saturated rings. The number of hydrogen-bond acceptors (Lipinski definition) is 2.